The van der Waals surface area contributed by atoms with Crippen molar-refractivity contribution in [1.29, 1.82) is 0 Å². The molecule has 0 saturated heterocycles. The molecule has 0 N–H and O–H groups in total. The van der Waals surface area contributed by atoms with E-state index in [0.717, 1.165) is 11.1 Å². The van der Waals surface area contributed by atoms with Crippen LogP contribution < -0.4 is 14.4 Å². The standard InChI is InChI=1S/C22H19NO5/c1-13-4-7-16(8-5-13)23-14(2)20(22(25)26-3)17(21(23)24)10-15-6-9-18-19(11-15)28-12-27-18/h4-11H,12H2,1-3H3/b17-10-. The molecule has 0 fully saturated rings. The molecule has 2 aliphatic heterocycles. The Bertz CT molecular complexity index is 1030. The first kappa shape index (κ1) is 17.9. The number of methoxy groups -OCH3 is 1. The summed E-state index contributed by atoms with van der Waals surface area (Å²) in [4.78, 5) is 27.2. The minimum absolute atomic E-state index is 0.169. The van der Waals surface area contributed by atoms with Gasteiger partial charge in [-0.2, -0.15) is 0 Å². The molecule has 0 bridgehead atoms. The highest BCUT2D eigenvalue weighted by Crippen LogP contribution is 2.37. The van der Waals surface area contributed by atoms with E-state index in [1.807, 2.05) is 37.3 Å². The highest BCUT2D eigenvalue weighted by Gasteiger charge is 2.37. The number of aryl methyl sites for hydroxylation is 1. The van der Waals surface area contributed by atoms with E-state index in [-0.39, 0.29) is 23.8 Å². The summed E-state index contributed by atoms with van der Waals surface area (Å²) >= 11 is 0. The van der Waals surface area contributed by atoms with Crippen LogP contribution in [0, 0.1) is 6.92 Å². The molecular weight excluding hydrogens is 358 g/mol. The van der Waals surface area contributed by atoms with E-state index in [2.05, 4.69) is 0 Å². The van der Waals surface area contributed by atoms with Gasteiger partial charge in [-0.3, -0.25) is 9.69 Å². The normalized spacial score (nSPS) is 16.9. The molecule has 6 nitrogen and oxygen atoms in total. The number of allylic oxidation sites excluding steroid dienone is 1. The van der Waals surface area contributed by atoms with Crippen LogP contribution >= 0.6 is 0 Å². The number of ether oxygens (including phenoxy) is 3. The number of nitrogens with zero attached hydrogens (tertiary/aromatic N) is 1. The number of rotatable bonds is 3. The van der Waals surface area contributed by atoms with Gasteiger partial charge in [-0.25, -0.2) is 4.79 Å². The average Bonchev–Trinajstić information content (AvgIpc) is 3.25. The zero-order valence-electron chi connectivity index (χ0n) is 15.8. The molecule has 0 atom stereocenters. The van der Waals surface area contributed by atoms with Crippen LogP contribution in [0.4, 0.5) is 5.69 Å². The first-order valence-electron chi connectivity index (χ1n) is 8.81. The number of carbonyl (C=O) groups excluding carboxylic acids is 2. The lowest BCUT2D eigenvalue weighted by Crippen LogP contribution is -2.24. The van der Waals surface area contributed by atoms with Crippen molar-refractivity contribution in [3.8, 4) is 11.5 Å². The van der Waals surface area contributed by atoms with E-state index in [9.17, 15) is 9.59 Å². The van der Waals surface area contributed by atoms with Gasteiger partial charge in [0.05, 0.1) is 18.3 Å². The molecule has 0 spiro atoms. The van der Waals surface area contributed by atoms with Crippen LogP contribution in [0.25, 0.3) is 6.08 Å². The molecule has 0 unspecified atom stereocenters. The number of esters is 1. The molecule has 0 saturated carbocycles. The van der Waals surface area contributed by atoms with E-state index in [1.165, 1.54) is 12.0 Å². The van der Waals surface area contributed by atoms with Gasteiger partial charge in [0.25, 0.3) is 5.91 Å². The van der Waals surface area contributed by atoms with Crippen molar-refractivity contribution in [3.63, 3.8) is 0 Å². The minimum atomic E-state index is -0.549. The third kappa shape index (κ3) is 2.93. The predicted octanol–water partition coefficient (Wildman–Crippen LogP) is 3.60. The molecule has 0 aromatic heterocycles. The minimum Gasteiger partial charge on any atom is -0.465 e. The second-order valence-electron chi connectivity index (χ2n) is 6.60. The van der Waals surface area contributed by atoms with Gasteiger partial charge in [-0.15, -0.1) is 0 Å². The maximum Gasteiger partial charge on any atom is 0.340 e. The summed E-state index contributed by atoms with van der Waals surface area (Å²) in [5.74, 6) is 0.434. The predicted molar refractivity (Wildman–Crippen MR) is 104 cm³/mol. The lowest BCUT2D eigenvalue weighted by Gasteiger charge is -2.18. The zero-order chi connectivity index (χ0) is 19.8. The highest BCUT2D eigenvalue weighted by molar-refractivity contribution is 6.23. The Kier molecular flexibility index (Phi) is 4.39. The number of fused-ring (bicyclic) bond motifs is 1. The number of hydrogen-bond acceptors (Lipinski definition) is 5. The van der Waals surface area contributed by atoms with Crippen molar-refractivity contribution in [2.24, 2.45) is 0 Å². The summed E-state index contributed by atoms with van der Waals surface area (Å²) in [6.45, 7) is 3.88. The molecule has 2 aromatic rings. The Hall–Kier alpha value is -3.54. The fourth-order valence-electron chi connectivity index (χ4n) is 3.35. The topological polar surface area (TPSA) is 65.1 Å². The third-order valence-electron chi connectivity index (χ3n) is 4.79. The zero-order valence-corrected chi connectivity index (χ0v) is 15.8. The van der Waals surface area contributed by atoms with Crippen LogP contribution in [-0.2, 0) is 14.3 Å². The Morgan fingerprint density at radius 3 is 2.50 bits per heavy atom. The number of carbonyl (C=O) groups is 2. The summed E-state index contributed by atoms with van der Waals surface area (Å²) in [5.41, 5.74) is 3.58. The van der Waals surface area contributed by atoms with Crippen molar-refractivity contribution >= 4 is 23.6 Å². The van der Waals surface area contributed by atoms with Crippen molar-refractivity contribution in [1.82, 2.24) is 0 Å². The largest absolute Gasteiger partial charge is 0.465 e. The van der Waals surface area contributed by atoms with E-state index in [4.69, 9.17) is 14.2 Å². The van der Waals surface area contributed by atoms with Gasteiger partial charge in [-0.05, 0) is 49.8 Å². The number of amides is 1. The van der Waals surface area contributed by atoms with E-state index < -0.39 is 5.97 Å². The fraction of sp³-hybridized carbons (Fsp3) is 0.182. The molecule has 6 heteroatoms. The molecule has 2 aromatic carbocycles. The summed E-state index contributed by atoms with van der Waals surface area (Å²) in [6, 6.07) is 12.9. The quantitative estimate of drug-likeness (QED) is 0.604. The van der Waals surface area contributed by atoms with Gasteiger partial charge in [0.2, 0.25) is 6.79 Å². The fourth-order valence-corrected chi connectivity index (χ4v) is 3.35. The number of anilines is 1. The van der Waals surface area contributed by atoms with Gasteiger partial charge >= 0.3 is 5.97 Å². The van der Waals surface area contributed by atoms with Crippen LogP contribution in [0.3, 0.4) is 0 Å². The first-order valence-corrected chi connectivity index (χ1v) is 8.81. The molecule has 142 valence electrons. The monoisotopic (exact) mass is 377 g/mol. The van der Waals surface area contributed by atoms with Crippen molar-refractivity contribution in [2.75, 3.05) is 18.8 Å². The number of benzene rings is 2. The lowest BCUT2D eigenvalue weighted by molar-refractivity contribution is -0.136. The van der Waals surface area contributed by atoms with Gasteiger partial charge in [0.15, 0.2) is 11.5 Å². The summed E-state index contributed by atoms with van der Waals surface area (Å²) in [7, 11) is 1.31. The molecule has 2 aliphatic rings. The molecule has 0 aliphatic carbocycles. The SMILES string of the molecule is COC(=O)C1=C(C)N(c2ccc(C)cc2)C(=O)/C1=C\c1ccc2c(c1)OCO2. The maximum absolute atomic E-state index is 13.2. The summed E-state index contributed by atoms with van der Waals surface area (Å²) in [5, 5.41) is 0. The van der Waals surface area contributed by atoms with E-state index in [0.29, 0.717) is 22.9 Å². The second-order valence-corrected chi connectivity index (χ2v) is 6.60. The van der Waals surface area contributed by atoms with Crippen molar-refractivity contribution in [2.45, 2.75) is 13.8 Å². The Labute approximate surface area is 162 Å². The van der Waals surface area contributed by atoms with Crippen LogP contribution in [0.1, 0.15) is 18.1 Å². The Morgan fingerprint density at radius 1 is 1.07 bits per heavy atom. The van der Waals surface area contributed by atoms with Gasteiger partial charge < -0.3 is 14.2 Å². The maximum atomic E-state index is 13.2. The van der Waals surface area contributed by atoms with Gasteiger partial charge in [0.1, 0.15) is 0 Å². The summed E-state index contributed by atoms with van der Waals surface area (Å²) in [6.07, 6.45) is 1.67. The van der Waals surface area contributed by atoms with Crippen LogP contribution in [-0.4, -0.2) is 25.8 Å². The van der Waals surface area contributed by atoms with Gasteiger partial charge in [0, 0.05) is 11.4 Å². The molecule has 0 radical (unpaired) electrons. The smallest absolute Gasteiger partial charge is 0.340 e. The molecule has 2 heterocycles. The highest BCUT2D eigenvalue weighted by atomic mass is 16.7. The molecule has 28 heavy (non-hydrogen) atoms. The Balaban J connectivity index is 1.80. The van der Waals surface area contributed by atoms with Crippen LogP contribution in [0.15, 0.2) is 59.3 Å². The van der Waals surface area contributed by atoms with E-state index >= 15 is 0 Å². The molecule has 4 rings (SSSR count). The van der Waals surface area contributed by atoms with Gasteiger partial charge in [-0.1, -0.05) is 23.8 Å². The average molecular weight is 377 g/mol. The second kappa shape index (κ2) is 6.88. The summed E-state index contributed by atoms with van der Waals surface area (Å²) < 4.78 is 15.7. The van der Waals surface area contributed by atoms with Crippen molar-refractivity contribution < 1.29 is 23.8 Å². The number of hydrogen-bond donors (Lipinski definition) is 0. The lowest BCUT2D eigenvalue weighted by atomic mass is 10.0. The van der Waals surface area contributed by atoms with Crippen LogP contribution in [0.5, 0.6) is 11.5 Å². The van der Waals surface area contributed by atoms with Crippen LogP contribution in [0.2, 0.25) is 0 Å². The van der Waals surface area contributed by atoms with Crippen molar-refractivity contribution in [3.05, 3.63) is 70.4 Å². The Morgan fingerprint density at radius 2 is 1.79 bits per heavy atom. The third-order valence-corrected chi connectivity index (χ3v) is 4.79. The molecule has 1 amide bonds. The first-order chi connectivity index (χ1) is 13.5. The molecular formula is C22H19NO5. The van der Waals surface area contributed by atoms with E-state index in [1.54, 1.807) is 25.1 Å².